The van der Waals surface area contributed by atoms with E-state index in [-0.39, 0.29) is 11.9 Å². The maximum absolute atomic E-state index is 12.9. The fourth-order valence-corrected chi connectivity index (χ4v) is 3.49. The van der Waals surface area contributed by atoms with Crippen molar-refractivity contribution in [2.45, 2.75) is 39.8 Å². The van der Waals surface area contributed by atoms with Gasteiger partial charge in [0.25, 0.3) is 5.91 Å². The first-order valence-electron chi connectivity index (χ1n) is 8.97. The summed E-state index contributed by atoms with van der Waals surface area (Å²) in [5, 5.41) is 7.27. The number of nitrogens with zero attached hydrogens (tertiary/aromatic N) is 5. The number of aryl methyl sites for hydroxylation is 2. The molecule has 138 valence electrons. The number of amides is 1. The van der Waals surface area contributed by atoms with Crippen molar-refractivity contribution < 1.29 is 9.53 Å². The molecule has 1 amide bonds. The van der Waals surface area contributed by atoms with E-state index in [0.29, 0.717) is 41.7 Å². The number of benzene rings is 1. The highest BCUT2D eigenvalue weighted by Crippen LogP contribution is 2.39. The summed E-state index contributed by atoms with van der Waals surface area (Å²) >= 11 is 0. The molecule has 1 aliphatic rings. The van der Waals surface area contributed by atoms with Crippen molar-refractivity contribution in [1.82, 2.24) is 19.3 Å². The van der Waals surface area contributed by atoms with Gasteiger partial charge in [0.15, 0.2) is 5.69 Å². The molecule has 8 nitrogen and oxygen atoms in total. The topological polar surface area (TPSA) is 78.3 Å². The van der Waals surface area contributed by atoms with Crippen LogP contribution in [0.5, 0.6) is 5.75 Å². The van der Waals surface area contributed by atoms with Crippen molar-refractivity contribution in [2.24, 2.45) is 0 Å². The molecular formula is C19H20N6O2. The van der Waals surface area contributed by atoms with Gasteiger partial charge in [-0.3, -0.25) is 14.8 Å². The zero-order valence-electron chi connectivity index (χ0n) is 15.5. The number of nitrogens with one attached hydrogen (secondary N) is 1. The largest absolute Gasteiger partial charge is 0.490 e. The molecule has 1 aliphatic heterocycles. The van der Waals surface area contributed by atoms with Gasteiger partial charge in [0, 0.05) is 6.54 Å². The molecule has 1 N–H and O–H groups in total. The van der Waals surface area contributed by atoms with E-state index in [1.54, 1.807) is 22.9 Å². The second-order valence-corrected chi connectivity index (χ2v) is 6.54. The normalized spacial score (nSPS) is 15.4. The smallest absolute Gasteiger partial charge is 0.276 e. The fraction of sp³-hybridized carbons (Fsp3) is 0.368. The van der Waals surface area contributed by atoms with Crippen LogP contribution in [0, 0.1) is 13.5 Å². The Kier molecular flexibility index (Phi) is 4.07. The van der Waals surface area contributed by atoms with Gasteiger partial charge in [0.2, 0.25) is 5.95 Å². The van der Waals surface area contributed by atoms with Crippen molar-refractivity contribution in [1.29, 1.82) is 0 Å². The van der Waals surface area contributed by atoms with Crippen LogP contribution in [-0.4, -0.2) is 31.8 Å². The second kappa shape index (κ2) is 6.43. The highest BCUT2D eigenvalue weighted by Gasteiger charge is 2.28. The molecule has 0 saturated carbocycles. The van der Waals surface area contributed by atoms with E-state index in [2.05, 4.69) is 27.2 Å². The van der Waals surface area contributed by atoms with Gasteiger partial charge in [-0.25, -0.2) is 9.83 Å². The third kappa shape index (κ3) is 2.72. The monoisotopic (exact) mass is 364 g/mol. The van der Waals surface area contributed by atoms with Crippen LogP contribution in [0.3, 0.4) is 0 Å². The first kappa shape index (κ1) is 17.1. The minimum atomic E-state index is -0.252. The maximum Gasteiger partial charge on any atom is 0.276 e. The third-order valence-corrected chi connectivity index (χ3v) is 4.79. The quantitative estimate of drug-likeness (QED) is 0.716. The van der Waals surface area contributed by atoms with Crippen LogP contribution in [0.15, 0.2) is 18.2 Å². The molecule has 1 aromatic carbocycles. The molecule has 0 saturated heterocycles. The lowest BCUT2D eigenvalue weighted by atomic mass is 10.1. The Bertz CT molecular complexity index is 1090. The van der Waals surface area contributed by atoms with E-state index >= 15 is 0 Å². The summed E-state index contributed by atoms with van der Waals surface area (Å²) in [6, 6.07) is 5.27. The third-order valence-electron chi connectivity index (χ3n) is 4.79. The van der Waals surface area contributed by atoms with Crippen molar-refractivity contribution in [3.05, 3.63) is 41.0 Å². The number of rotatable bonds is 4. The number of carbonyl (C=O) groups is 1. The van der Waals surface area contributed by atoms with Gasteiger partial charge in [-0.1, -0.05) is 6.92 Å². The Balaban J connectivity index is 1.81. The Morgan fingerprint density at radius 2 is 2.22 bits per heavy atom. The van der Waals surface area contributed by atoms with Crippen LogP contribution in [0.25, 0.3) is 15.9 Å². The molecule has 27 heavy (non-hydrogen) atoms. The predicted molar refractivity (Wildman–Crippen MR) is 101 cm³/mol. The zero-order chi connectivity index (χ0) is 19.1. The van der Waals surface area contributed by atoms with Crippen LogP contribution in [0.2, 0.25) is 0 Å². The van der Waals surface area contributed by atoms with Gasteiger partial charge in [0.1, 0.15) is 23.6 Å². The van der Waals surface area contributed by atoms with Crippen molar-refractivity contribution in [3.63, 3.8) is 0 Å². The van der Waals surface area contributed by atoms with Gasteiger partial charge >= 0.3 is 0 Å². The lowest BCUT2D eigenvalue weighted by molar-refractivity contribution is 0.101. The molecule has 0 radical (unpaired) electrons. The SMILES string of the molecule is [C-]#[N+]c1cc2c3c(c1)nc(NC(=O)c1cc(C)nn1CC)n3[C@@H](CC)CO2. The van der Waals surface area contributed by atoms with Crippen LogP contribution >= 0.6 is 0 Å². The van der Waals surface area contributed by atoms with Crippen molar-refractivity contribution in [2.75, 3.05) is 11.9 Å². The van der Waals surface area contributed by atoms with Crippen molar-refractivity contribution >= 4 is 28.6 Å². The van der Waals surface area contributed by atoms with E-state index in [1.165, 1.54) is 0 Å². The van der Waals surface area contributed by atoms with E-state index < -0.39 is 0 Å². The number of imidazole rings is 1. The van der Waals surface area contributed by atoms with Gasteiger partial charge in [-0.05, 0) is 38.5 Å². The summed E-state index contributed by atoms with van der Waals surface area (Å²) in [6.45, 7) is 14.2. The molecule has 3 heterocycles. The van der Waals surface area contributed by atoms with Crippen LogP contribution < -0.4 is 10.1 Å². The van der Waals surface area contributed by atoms with Crippen LogP contribution in [0.1, 0.15) is 42.5 Å². The summed E-state index contributed by atoms with van der Waals surface area (Å²) in [6.07, 6.45) is 0.838. The average molecular weight is 364 g/mol. The molecular weight excluding hydrogens is 344 g/mol. The van der Waals surface area contributed by atoms with Crippen LogP contribution in [0.4, 0.5) is 11.6 Å². The molecule has 8 heteroatoms. The van der Waals surface area contributed by atoms with Gasteiger partial charge in [-0.2, -0.15) is 5.10 Å². The number of anilines is 1. The Labute approximate surface area is 156 Å². The summed E-state index contributed by atoms with van der Waals surface area (Å²) in [5.41, 5.74) is 3.22. The van der Waals surface area contributed by atoms with Crippen LogP contribution in [-0.2, 0) is 6.54 Å². The molecule has 0 unspecified atom stereocenters. The number of carbonyl (C=O) groups excluding carboxylic acids is 1. The highest BCUT2D eigenvalue weighted by atomic mass is 16.5. The maximum atomic E-state index is 12.9. The lowest BCUT2D eigenvalue weighted by Crippen LogP contribution is -2.25. The van der Waals surface area contributed by atoms with Gasteiger partial charge in [0.05, 0.1) is 23.8 Å². The first-order chi connectivity index (χ1) is 13.0. The first-order valence-corrected chi connectivity index (χ1v) is 8.97. The zero-order valence-corrected chi connectivity index (χ0v) is 15.5. The highest BCUT2D eigenvalue weighted by molar-refractivity contribution is 6.03. The Morgan fingerprint density at radius 3 is 2.93 bits per heavy atom. The fourth-order valence-electron chi connectivity index (χ4n) is 3.49. The predicted octanol–water partition coefficient (Wildman–Crippen LogP) is 3.71. The molecule has 1 atom stereocenters. The minimum absolute atomic E-state index is 0.0643. The summed E-state index contributed by atoms with van der Waals surface area (Å²) < 4.78 is 9.54. The molecule has 0 aliphatic carbocycles. The molecule has 0 spiro atoms. The van der Waals surface area contributed by atoms with Gasteiger partial charge in [-0.15, -0.1) is 0 Å². The number of hydrogen-bond acceptors (Lipinski definition) is 4. The second-order valence-electron chi connectivity index (χ2n) is 6.54. The van der Waals surface area contributed by atoms with Gasteiger partial charge < -0.3 is 9.30 Å². The Morgan fingerprint density at radius 1 is 1.41 bits per heavy atom. The molecule has 0 fully saturated rings. The molecule has 4 rings (SSSR count). The van der Waals surface area contributed by atoms with E-state index in [1.807, 2.05) is 18.4 Å². The summed E-state index contributed by atoms with van der Waals surface area (Å²) in [4.78, 5) is 21.0. The molecule has 0 bridgehead atoms. The van der Waals surface area contributed by atoms with E-state index in [0.717, 1.165) is 17.6 Å². The standard InChI is InChI=1S/C19H20N6O2/c1-5-13-10-27-16-9-12(20-4)8-14-17(16)25(13)19(21-14)22-18(26)15-7-11(3)23-24(15)6-2/h7-9,13H,5-6,10H2,1-3H3,(H,21,22,26)/t13-/m0/s1. The number of hydrogen-bond donors (Lipinski definition) is 1. The number of ether oxygens (including phenoxy) is 1. The Hall–Kier alpha value is -3.34. The average Bonchev–Trinajstić information content (AvgIpc) is 3.23. The molecule has 2 aromatic heterocycles. The number of aromatic nitrogens is 4. The minimum Gasteiger partial charge on any atom is -0.490 e. The lowest BCUT2D eigenvalue weighted by Gasteiger charge is -2.26. The molecule has 3 aromatic rings. The summed E-state index contributed by atoms with van der Waals surface area (Å²) in [7, 11) is 0. The van der Waals surface area contributed by atoms with E-state index in [9.17, 15) is 4.79 Å². The van der Waals surface area contributed by atoms with Crippen molar-refractivity contribution in [3.8, 4) is 5.75 Å². The van der Waals surface area contributed by atoms with E-state index in [4.69, 9.17) is 11.3 Å². The summed E-state index contributed by atoms with van der Waals surface area (Å²) in [5.74, 6) is 0.845.